The fourth-order valence-electron chi connectivity index (χ4n) is 3.83. The molecule has 0 spiro atoms. The molecule has 0 radical (unpaired) electrons. The number of ether oxygens (including phenoxy) is 2. The van der Waals surface area contributed by atoms with Crippen LogP contribution in [-0.2, 0) is 9.53 Å². The molecular weight excluding hydrogens is 457 g/mol. The molecule has 1 unspecified atom stereocenters. The molecule has 3 aromatic rings. The zero-order valence-electron chi connectivity index (χ0n) is 18.7. The van der Waals surface area contributed by atoms with E-state index in [0.29, 0.717) is 18.8 Å². The smallest absolute Gasteiger partial charge is 0.263 e. The van der Waals surface area contributed by atoms with Crippen LogP contribution in [-0.4, -0.2) is 65.0 Å². The highest BCUT2D eigenvalue weighted by Gasteiger charge is 2.21. The summed E-state index contributed by atoms with van der Waals surface area (Å²) in [4.78, 5) is 26.2. The van der Waals surface area contributed by atoms with Crippen molar-refractivity contribution in [3.05, 3.63) is 48.4 Å². The number of carbonyl (C=O) groups is 1. The maximum absolute atomic E-state index is 14.4. The highest BCUT2D eigenvalue weighted by atomic mass is 19.1. The Morgan fingerprint density at radius 1 is 1.17 bits per heavy atom. The lowest BCUT2D eigenvalue weighted by molar-refractivity contribution is -0.118. The number of aliphatic hydroxyl groups is 1. The summed E-state index contributed by atoms with van der Waals surface area (Å²) in [7, 11) is 0. The third kappa shape index (κ3) is 5.39. The molecule has 1 saturated heterocycles. The monoisotopic (exact) mass is 481 g/mol. The molecule has 35 heavy (non-hydrogen) atoms. The van der Waals surface area contributed by atoms with Gasteiger partial charge in [0, 0.05) is 31.1 Å². The number of morpholine rings is 1. The molecule has 2 aliphatic heterocycles. The van der Waals surface area contributed by atoms with E-state index in [2.05, 4.69) is 35.8 Å². The number of pyridine rings is 1. The molecule has 1 fully saturated rings. The lowest BCUT2D eigenvalue weighted by Gasteiger charge is -2.34. The van der Waals surface area contributed by atoms with Gasteiger partial charge in [-0.2, -0.15) is 4.98 Å². The SMILES string of the molecule is O=C1COc2ccc(Nc3nc(Nc4ccc(N5CCOC(CCO)C5)cc4)ncc3F)nc2N1. The van der Waals surface area contributed by atoms with E-state index in [1.165, 1.54) is 0 Å². The van der Waals surface area contributed by atoms with Gasteiger partial charge in [-0.1, -0.05) is 0 Å². The van der Waals surface area contributed by atoms with Crippen molar-refractivity contribution < 1.29 is 23.8 Å². The average molecular weight is 481 g/mol. The molecule has 11 nitrogen and oxygen atoms in total. The summed E-state index contributed by atoms with van der Waals surface area (Å²) >= 11 is 0. The van der Waals surface area contributed by atoms with Gasteiger partial charge in [0.15, 0.2) is 29.8 Å². The van der Waals surface area contributed by atoms with E-state index >= 15 is 0 Å². The third-order valence-corrected chi connectivity index (χ3v) is 5.54. The van der Waals surface area contributed by atoms with E-state index in [1.807, 2.05) is 24.3 Å². The zero-order chi connectivity index (χ0) is 24.2. The predicted molar refractivity (Wildman–Crippen MR) is 127 cm³/mol. The predicted octanol–water partition coefficient (Wildman–Crippen LogP) is 2.42. The number of hydrogen-bond donors (Lipinski definition) is 4. The standard InChI is InChI=1S/C23H24FN7O4/c24-17-11-25-23(30-21(17)27-19-6-5-18-22(28-19)29-20(33)13-35-18)26-14-1-3-15(4-2-14)31-8-10-34-16(12-31)7-9-32/h1-6,11,16,32H,7-10,12-13H2,(H3,25,26,27,28,29,30,33). The molecule has 1 atom stereocenters. The van der Waals surface area contributed by atoms with Gasteiger partial charge in [-0.3, -0.25) is 4.79 Å². The number of anilines is 6. The quantitative estimate of drug-likeness (QED) is 0.399. The lowest BCUT2D eigenvalue weighted by atomic mass is 10.2. The van der Waals surface area contributed by atoms with Crippen LogP contribution in [0, 0.1) is 5.82 Å². The first-order valence-electron chi connectivity index (χ1n) is 11.1. The summed E-state index contributed by atoms with van der Waals surface area (Å²) < 4.78 is 25.3. The number of benzene rings is 1. The first-order chi connectivity index (χ1) is 17.1. The Hall–Kier alpha value is -4.03. The lowest BCUT2D eigenvalue weighted by Crippen LogP contribution is -2.42. The number of hydrogen-bond acceptors (Lipinski definition) is 10. The van der Waals surface area contributed by atoms with Gasteiger partial charge in [0.1, 0.15) is 5.82 Å². The highest BCUT2D eigenvalue weighted by Crippen LogP contribution is 2.29. The van der Waals surface area contributed by atoms with E-state index in [9.17, 15) is 9.18 Å². The number of nitrogens with zero attached hydrogens (tertiary/aromatic N) is 4. The highest BCUT2D eigenvalue weighted by molar-refractivity contribution is 5.94. The van der Waals surface area contributed by atoms with Crippen LogP contribution >= 0.6 is 0 Å². The van der Waals surface area contributed by atoms with Gasteiger partial charge in [0.2, 0.25) is 5.95 Å². The van der Waals surface area contributed by atoms with Gasteiger partial charge < -0.3 is 35.4 Å². The normalized spacial score (nSPS) is 17.3. The van der Waals surface area contributed by atoms with Crippen molar-refractivity contribution in [3.63, 3.8) is 0 Å². The van der Waals surface area contributed by atoms with E-state index < -0.39 is 5.82 Å². The minimum absolute atomic E-state index is 0.0125. The van der Waals surface area contributed by atoms with Gasteiger partial charge in [0.25, 0.3) is 5.91 Å². The van der Waals surface area contributed by atoms with Crippen LogP contribution in [0.2, 0.25) is 0 Å². The molecule has 182 valence electrons. The maximum atomic E-state index is 14.4. The summed E-state index contributed by atoms with van der Waals surface area (Å²) in [5.41, 5.74) is 1.77. The number of amides is 1. The Morgan fingerprint density at radius 3 is 2.86 bits per heavy atom. The molecule has 5 rings (SSSR count). The van der Waals surface area contributed by atoms with Gasteiger partial charge >= 0.3 is 0 Å². The van der Waals surface area contributed by atoms with E-state index in [0.717, 1.165) is 30.7 Å². The summed E-state index contributed by atoms with van der Waals surface area (Å²) in [5.74, 6) is 0.130. The van der Waals surface area contributed by atoms with Crippen molar-refractivity contribution in [3.8, 4) is 5.75 Å². The van der Waals surface area contributed by atoms with Crippen LogP contribution in [0.15, 0.2) is 42.6 Å². The minimum Gasteiger partial charge on any atom is -0.480 e. The fourth-order valence-corrected chi connectivity index (χ4v) is 3.83. The average Bonchev–Trinajstić information content (AvgIpc) is 2.87. The Bertz CT molecular complexity index is 1210. The van der Waals surface area contributed by atoms with E-state index in [-0.39, 0.29) is 48.6 Å². The van der Waals surface area contributed by atoms with E-state index in [4.69, 9.17) is 14.6 Å². The molecule has 0 saturated carbocycles. The molecule has 4 heterocycles. The molecule has 12 heteroatoms. The number of aliphatic hydroxyl groups excluding tert-OH is 1. The number of halogens is 1. The largest absolute Gasteiger partial charge is 0.480 e. The van der Waals surface area contributed by atoms with Gasteiger partial charge in [0.05, 0.1) is 18.9 Å². The maximum Gasteiger partial charge on any atom is 0.263 e. The topological polar surface area (TPSA) is 134 Å². The van der Waals surface area contributed by atoms with Crippen LogP contribution in [0.3, 0.4) is 0 Å². The Labute approximate surface area is 200 Å². The number of rotatable bonds is 7. The van der Waals surface area contributed by atoms with Crippen molar-refractivity contribution in [1.82, 2.24) is 15.0 Å². The van der Waals surface area contributed by atoms with Crippen LogP contribution in [0.5, 0.6) is 5.75 Å². The van der Waals surface area contributed by atoms with Gasteiger partial charge in [-0.05, 0) is 42.8 Å². The Balaban J connectivity index is 1.26. The Morgan fingerprint density at radius 2 is 2.03 bits per heavy atom. The second-order valence-corrected chi connectivity index (χ2v) is 8.02. The van der Waals surface area contributed by atoms with Crippen LogP contribution in [0.25, 0.3) is 0 Å². The molecule has 0 bridgehead atoms. The number of nitrogens with one attached hydrogen (secondary N) is 3. The molecule has 1 aromatic carbocycles. The number of aromatic nitrogens is 3. The van der Waals surface area contributed by atoms with Crippen molar-refractivity contribution >= 4 is 40.7 Å². The number of fused-ring (bicyclic) bond motifs is 1. The summed E-state index contributed by atoms with van der Waals surface area (Å²) in [5, 5.41) is 17.6. The molecule has 2 aliphatic rings. The van der Waals surface area contributed by atoms with Crippen LogP contribution in [0.4, 0.5) is 39.2 Å². The first-order valence-corrected chi connectivity index (χ1v) is 11.1. The van der Waals surface area contributed by atoms with Crippen LogP contribution < -0.4 is 25.6 Å². The zero-order valence-corrected chi connectivity index (χ0v) is 18.7. The van der Waals surface area contributed by atoms with E-state index in [1.54, 1.807) is 12.1 Å². The van der Waals surface area contributed by atoms with Crippen molar-refractivity contribution in [2.45, 2.75) is 12.5 Å². The van der Waals surface area contributed by atoms with Gasteiger partial charge in [-0.15, -0.1) is 0 Å². The molecule has 4 N–H and O–H groups in total. The fraction of sp³-hybridized carbons (Fsp3) is 0.304. The first kappa shape index (κ1) is 22.7. The second kappa shape index (κ2) is 10.1. The summed E-state index contributed by atoms with van der Waals surface area (Å²) in [6.45, 7) is 2.13. The second-order valence-electron chi connectivity index (χ2n) is 8.02. The molecule has 2 aromatic heterocycles. The molecule has 0 aliphatic carbocycles. The van der Waals surface area contributed by atoms with Crippen molar-refractivity contribution in [1.29, 1.82) is 0 Å². The third-order valence-electron chi connectivity index (χ3n) is 5.54. The van der Waals surface area contributed by atoms with Crippen molar-refractivity contribution in [2.75, 3.05) is 53.8 Å². The Kier molecular flexibility index (Phi) is 6.55. The minimum atomic E-state index is -0.657. The molecule has 1 amide bonds. The molecular formula is C23H24FN7O4. The van der Waals surface area contributed by atoms with Crippen molar-refractivity contribution in [2.24, 2.45) is 0 Å². The summed E-state index contributed by atoms with van der Waals surface area (Å²) in [6.07, 6.45) is 1.68. The van der Waals surface area contributed by atoms with Crippen LogP contribution in [0.1, 0.15) is 6.42 Å². The summed E-state index contributed by atoms with van der Waals surface area (Å²) in [6, 6.07) is 10.9. The number of carbonyl (C=O) groups excluding carboxylic acids is 1. The van der Waals surface area contributed by atoms with Gasteiger partial charge in [-0.25, -0.2) is 14.4 Å².